The van der Waals surface area contributed by atoms with Crippen molar-refractivity contribution < 1.29 is 8.83 Å². The predicted octanol–water partition coefficient (Wildman–Crippen LogP) is 16.7. The lowest BCUT2D eigenvalue weighted by atomic mass is 9.99. The molecule has 6 nitrogen and oxygen atoms in total. The minimum atomic E-state index is 0.519. The zero-order valence-electron chi connectivity index (χ0n) is 35.5. The maximum atomic E-state index is 6.40. The third kappa shape index (κ3) is 5.89. The lowest BCUT2D eigenvalue weighted by molar-refractivity contribution is 0.668. The molecule has 0 saturated heterocycles. The van der Waals surface area contributed by atoms with Gasteiger partial charge in [0.05, 0.1) is 11.0 Å². The maximum Gasteiger partial charge on any atom is 0.238 e. The van der Waals surface area contributed by atoms with E-state index in [2.05, 4.69) is 152 Å². The van der Waals surface area contributed by atoms with Gasteiger partial charge in [0, 0.05) is 74.7 Å². The van der Waals surface area contributed by atoms with Gasteiger partial charge in [0.2, 0.25) is 5.95 Å². The van der Waals surface area contributed by atoms with Gasteiger partial charge in [-0.3, -0.25) is 4.57 Å². The highest BCUT2D eigenvalue weighted by molar-refractivity contribution is 7.26. The van der Waals surface area contributed by atoms with Crippen LogP contribution in [0.5, 0.6) is 0 Å². The van der Waals surface area contributed by atoms with Crippen molar-refractivity contribution in [2.24, 2.45) is 0 Å². The SMILES string of the molecule is CCC.c1ccc2cc3c(cc2c1)c1cccc(-c2cccc4c2sc2ccccc24)c1n3-c1nc(-c2ccc3c(c2)oc2ccccc23)nc(-c2ccc3c(c2)oc2ccccc23)n1. The number of hydrogen-bond donors (Lipinski definition) is 0. The Morgan fingerprint density at radius 1 is 0.431 bits per heavy atom. The van der Waals surface area contributed by atoms with Crippen LogP contribution in [0.3, 0.4) is 0 Å². The summed E-state index contributed by atoms with van der Waals surface area (Å²) >= 11 is 1.84. The number of fused-ring (bicyclic) bond motifs is 13. The van der Waals surface area contributed by atoms with Crippen molar-refractivity contribution >= 4 is 108 Å². The van der Waals surface area contributed by atoms with Gasteiger partial charge in [-0.25, -0.2) is 4.98 Å². The number of hydrogen-bond acceptors (Lipinski definition) is 6. The second-order valence-electron chi connectivity index (χ2n) is 16.6. The van der Waals surface area contributed by atoms with E-state index in [-0.39, 0.29) is 0 Å². The molecule has 14 aromatic rings. The lowest BCUT2D eigenvalue weighted by Crippen LogP contribution is -2.07. The Kier molecular flexibility index (Phi) is 8.48. The number of thiophene rings is 1. The van der Waals surface area contributed by atoms with Crippen molar-refractivity contribution in [3.05, 3.63) is 182 Å². The standard InChI is InChI=1S/C55H30N4O2S.C3H8/c1-2-12-32-28-45-44(27-31(32)11-1)41-17-9-16-40(43-19-10-18-42-39-15-5-8-22-50(39)62-52(42)43)51(41)59(45)55-57-53(33-23-25-37-35-13-3-6-20-46(35)60-48(37)29-33)56-54(58-55)34-24-26-38-36-14-4-7-21-47(36)61-49(38)30-34;1-3-2/h1-30H;3H2,1-2H3. The molecule has 0 amide bonds. The zero-order valence-corrected chi connectivity index (χ0v) is 36.4. The minimum Gasteiger partial charge on any atom is -0.456 e. The largest absolute Gasteiger partial charge is 0.456 e. The summed E-state index contributed by atoms with van der Waals surface area (Å²) in [5.74, 6) is 1.60. The van der Waals surface area contributed by atoms with Crippen molar-refractivity contribution in [3.8, 4) is 39.9 Å². The van der Waals surface area contributed by atoms with Crippen LogP contribution in [-0.4, -0.2) is 19.5 Å². The van der Waals surface area contributed by atoms with E-state index in [1.807, 2.05) is 59.9 Å². The van der Waals surface area contributed by atoms with Crippen molar-refractivity contribution in [2.75, 3.05) is 0 Å². The summed E-state index contributed by atoms with van der Waals surface area (Å²) in [6.45, 7) is 4.25. The zero-order chi connectivity index (χ0) is 43.2. The van der Waals surface area contributed by atoms with Crippen LogP contribution < -0.4 is 0 Å². The molecule has 308 valence electrons. The first-order valence-corrected chi connectivity index (χ1v) is 22.9. The molecule has 0 aliphatic rings. The van der Waals surface area contributed by atoms with E-state index in [9.17, 15) is 0 Å². The van der Waals surface area contributed by atoms with Crippen LogP contribution in [0.1, 0.15) is 20.3 Å². The fourth-order valence-corrected chi connectivity index (χ4v) is 10.8. The van der Waals surface area contributed by atoms with Gasteiger partial charge >= 0.3 is 0 Å². The fraction of sp³-hybridized carbons (Fsp3) is 0.0517. The first-order chi connectivity index (χ1) is 32.1. The van der Waals surface area contributed by atoms with Crippen LogP contribution in [0.15, 0.2) is 191 Å². The Labute approximate surface area is 376 Å². The van der Waals surface area contributed by atoms with E-state index in [0.717, 1.165) is 87.8 Å². The number of nitrogens with zero attached hydrogens (tertiary/aromatic N) is 4. The summed E-state index contributed by atoms with van der Waals surface area (Å²) in [6.07, 6.45) is 1.25. The molecule has 0 saturated carbocycles. The van der Waals surface area contributed by atoms with Crippen molar-refractivity contribution in [3.63, 3.8) is 0 Å². The van der Waals surface area contributed by atoms with Crippen LogP contribution in [-0.2, 0) is 0 Å². The molecule has 9 aromatic carbocycles. The topological polar surface area (TPSA) is 69.9 Å². The van der Waals surface area contributed by atoms with E-state index >= 15 is 0 Å². The molecule has 0 bridgehead atoms. The Bertz CT molecular complexity index is 4080. The Hall–Kier alpha value is -8.13. The summed E-state index contributed by atoms with van der Waals surface area (Å²) in [4.78, 5) is 16.1. The third-order valence-corrected chi connectivity index (χ3v) is 13.7. The van der Waals surface area contributed by atoms with Crippen LogP contribution in [0.4, 0.5) is 0 Å². The van der Waals surface area contributed by atoms with Crippen molar-refractivity contribution in [2.45, 2.75) is 20.3 Å². The monoisotopic (exact) mass is 854 g/mol. The molecule has 7 heteroatoms. The van der Waals surface area contributed by atoms with Crippen molar-refractivity contribution in [1.82, 2.24) is 19.5 Å². The average molecular weight is 855 g/mol. The van der Waals surface area contributed by atoms with Crippen LogP contribution >= 0.6 is 11.3 Å². The van der Waals surface area contributed by atoms with Gasteiger partial charge in [-0.1, -0.05) is 148 Å². The molecule has 0 atom stereocenters. The fourth-order valence-electron chi connectivity index (χ4n) is 9.59. The number of furan rings is 2. The number of para-hydroxylation sites is 3. The average Bonchev–Trinajstić information content (AvgIpc) is 4.12. The number of aromatic nitrogens is 4. The van der Waals surface area contributed by atoms with Gasteiger partial charge < -0.3 is 8.83 Å². The highest BCUT2D eigenvalue weighted by Crippen LogP contribution is 2.45. The van der Waals surface area contributed by atoms with E-state index < -0.39 is 0 Å². The van der Waals surface area contributed by atoms with Crippen LogP contribution in [0.2, 0.25) is 0 Å². The van der Waals surface area contributed by atoms with E-state index in [4.69, 9.17) is 23.8 Å². The smallest absolute Gasteiger partial charge is 0.238 e. The molecule has 0 spiro atoms. The molecule has 0 fully saturated rings. The molecule has 5 aromatic heterocycles. The van der Waals surface area contributed by atoms with E-state index in [0.29, 0.717) is 17.6 Å². The molecule has 0 aliphatic heterocycles. The molecular formula is C58H38N4O2S. The summed E-state index contributed by atoms with van der Waals surface area (Å²) < 4.78 is 17.6. The first kappa shape index (κ1) is 37.4. The van der Waals surface area contributed by atoms with Gasteiger partial charge in [-0.15, -0.1) is 11.3 Å². The quantitative estimate of drug-likeness (QED) is 0.176. The Morgan fingerprint density at radius 3 is 1.62 bits per heavy atom. The van der Waals surface area contributed by atoms with Gasteiger partial charge in [0.1, 0.15) is 22.3 Å². The van der Waals surface area contributed by atoms with Gasteiger partial charge in [-0.05, 0) is 65.4 Å². The molecule has 0 aliphatic carbocycles. The predicted molar refractivity (Wildman–Crippen MR) is 271 cm³/mol. The molecule has 0 N–H and O–H groups in total. The van der Waals surface area contributed by atoms with Gasteiger partial charge in [-0.2, -0.15) is 9.97 Å². The second kappa shape index (κ2) is 14.7. The lowest BCUT2D eigenvalue weighted by Gasteiger charge is -2.13. The van der Waals surface area contributed by atoms with E-state index in [1.54, 1.807) is 0 Å². The number of rotatable bonds is 4. The molecule has 0 radical (unpaired) electrons. The molecule has 5 heterocycles. The molecule has 65 heavy (non-hydrogen) atoms. The Morgan fingerprint density at radius 2 is 0.954 bits per heavy atom. The maximum absolute atomic E-state index is 6.40. The summed E-state index contributed by atoms with van der Waals surface area (Å²) in [6, 6.07) is 63.9. The third-order valence-electron chi connectivity index (χ3n) is 12.4. The normalized spacial score (nSPS) is 11.9. The van der Waals surface area contributed by atoms with Gasteiger partial charge in [0.15, 0.2) is 11.6 Å². The summed E-state index contributed by atoms with van der Waals surface area (Å²) in [5, 5.41) is 11.3. The summed E-state index contributed by atoms with van der Waals surface area (Å²) in [7, 11) is 0. The van der Waals surface area contributed by atoms with Crippen molar-refractivity contribution in [1.29, 1.82) is 0 Å². The summed E-state index contributed by atoms with van der Waals surface area (Å²) in [5.41, 5.74) is 9.21. The Balaban J connectivity index is 0.00000138. The minimum absolute atomic E-state index is 0.519. The molecular weight excluding hydrogens is 817 g/mol. The van der Waals surface area contributed by atoms with E-state index in [1.165, 1.54) is 37.5 Å². The molecule has 0 unspecified atom stereocenters. The van der Waals surface area contributed by atoms with Gasteiger partial charge in [0.25, 0.3) is 0 Å². The van der Waals surface area contributed by atoms with Crippen LogP contribution in [0.25, 0.3) is 136 Å². The number of benzene rings is 9. The highest BCUT2D eigenvalue weighted by Gasteiger charge is 2.23. The second-order valence-corrected chi connectivity index (χ2v) is 17.7. The van der Waals surface area contributed by atoms with Crippen LogP contribution in [0, 0.1) is 0 Å². The first-order valence-electron chi connectivity index (χ1n) is 22.1. The highest BCUT2D eigenvalue weighted by atomic mass is 32.1. The molecule has 14 rings (SSSR count).